The zero-order chi connectivity index (χ0) is 26.1. The summed E-state index contributed by atoms with van der Waals surface area (Å²) in [7, 11) is 2.19. The number of rotatable bonds is 6. The predicted octanol–water partition coefficient (Wildman–Crippen LogP) is 7.00. The summed E-state index contributed by atoms with van der Waals surface area (Å²) in [5.41, 5.74) is 3.94. The minimum atomic E-state index is -0.154. The number of ketones is 1. The Morgan fingerprint density at radius 1 is 1.02 bits per heavy atom. The van der Waals surface area contributed by atoms with E-state index in [1.165, 1.54) is 19.4 Å². The third kappa shape index (κ3) is 7.82. The number of Topliss-reactive ketones (excluding diaryl/α,β-unsaturated/α-hetero) is 1. The lowest BCUT2D eigenvalue weighted by molar-refractivity contribution is 0.101. The number of anilines is 1. The number of carbonyl (C=O) groups is 1. The second-order valence-electron chi connectivity index (χ2n) is 10.4. The minimum Gasteiger partial charge on any atom is -0.505 e. The van der Waals surface area contributed by atoms with Gasteiger partial charge in [0.15, 0.2) is 11.5 Å². The van der Waals surface area contributed by atoms with Crippen molar-refractivity contribution in [1.29, 1.82) is 0 Å². The number of likely N-dealkylation sites (N-methyl/N-ethyl adjacent to an activating group) is 1. The second-order valence-corrected chi connectivity index (χ2v) is 11.2. The molecule has 2 N–H and O–H groups in total. The number of nitrogens with zero attached hydrogens (tertiary/aromatic N) is 4. The van der Waals surface area contributed by atoms with Gasteiger partial charge in [-0.15, -0.1) is 37.2 Å². The van der Waals surface area contributed by atoms with E-state index in [2.05, 4.69) is 27.1 Å². The van der Waals surface area contributed by atoms with Crippen molar-refractivity contribution < 1.29 is 9.90 Å². The molecule has 0 unspecified atom stereocenters. The summed E-state index contributed by atoms with van der Waals surface area (Å²) in [6.45, 7) is 7.36. The number of pyridine rings is 2. The smallest absolute Gasteiger partial charge is 0.163 e. The summed E-state index contributed by atoms with van der Waals surface area (Å²) in [4.78, 5) is 26.9. The number of piperazine rings is 1. The van der Waals surface area contributed by atoms with Crippen molar-refractivity contribution in [1.82, 2.24) is 19.8 Å². The summed E-state index contributed by atoms with van der Waals surface area (Å²) >= 11 is 12.3. The van der Waals surface area contributed by atoms with E-state index >= 15 is 0 Å². The van der Waals surface area contributed by atoms with Crippen molar-refractivity contribution >= 4 is 82.9 Å². The van der Waals surface area contributed by atoms with E-state index in [0.29, 0.717) is 27.9 Å². The Morgan fingerprint density at radius 2 is 1.65 bits per heavy atom. The molecular weight excluding hydrogens is 616 g/mol. The fourth-order valence-electron chi connectivity index (χ4n) is 5.44. The largest absolute Gasteiger partial charge is 0.505 e. The van der Waals surface area contributed by atoms with Crippen LogP contribution in [0.3, 0.4) is 0 Å². The average molecular weight is 652 g/mol. The SMILES string of the molecule is CC(=O)c1cnc2ccc(-c3cc(Cl)c(O)c(Cl)c3)nc2c1N[C@H]1CC[C@H](CN2CCN(C)CC2)CC1.Cl.Cl.Cl. The molecule has 220 valence electrons. The zero-order valence-corrected chi connectivity index (χ0v) is 26.5. The summed E-state index contributed by atoms with van der Waals surface area (Å²) in [6.07, 6.45) is 6.10. The Kier molecular flexibility index (Phi) is 13.0. The maximum atomic E-state index is 12.6. The number of carbonyl (C=O) groups excluding carboxylic acids is 1. The van der Waals surface area contributed by atoms with Crippen LogP contribution < -0.4 is 5.32 Å². The number of benzene rings is 1. The number of phenolic OH excluding ortho intramolecular Hbond substituents is 1. The highest BCUT2D eigenvalue weighted by Crippen LogP contribution is 2.37. The summed E-state index contributed by atoms with van der Waals surface area (Å²) in [5, 5.41) is 13.9. The quantitative estimate of drug-likeness (QED) is 0.278. The van der Waals surface area contributed by atoms with Crippen LogP contribution in [0.15, 0.2) is 30.5 Å². The van der Waals surface area contributed by atoms with Crippen LogP contribution in [0.5, 0.6) is 5.75 Å². The van der Waals surface area contributed by atoms with Gasteiger partial charge in [-0.3, -0.25) is 9.78 Å². The Morgan fingerprint density at radius 3 is 2.25 bits per heavy atom. The molecule has 1 aromatic carbocycles. The molecular formula is C28H36Cl5N5O2. The highest BCUT2D eigenvalue weighted by atomic mass is 35.5. The molecule has 1 aliphatic carbocycles. The summed E-state index contributed by atoms with van der Waals surface area (Å²) < 4.78 is 0. The molecule has 2 aliphatic rings. The van der Waals surface area contributed by atoms with Gasteiger partial charge in [0.2, 0.25) is 0 Å². The lowest BCUT2D eigenvalue weighted by atomic mass is 9.85. The van der Waals surface area contributed by atoms with Crippen molar-refractivity contribution in [3.8, 4) is 17.0 Å². The van der Waals surface area contributed by atoms with Crippen LogP contribution in [0.2, 0.25) is 10.0 Å². The Labute approximate surface area is 264 Å². The van der Waals surface area contributed by atoms with Gasteiger partial charge in [-0.1, -0.05) is 23.2 Å². The van der Waals surface area contributed by atoms with Crippen LogP contribution in [-0.4, -0.2) is 76.5 Å². The molecule has 1 saturated heterocycles. The van der Waals surface area contributed by atoms with Crippen molar-refractivity contribution in [2.45, 2.75) is 38.6 Å². The monoisotopic (exact) mass is 649 g/mol. The predicted molar refractivity (Wildman–Crippen MR) is 172 cm³/mol. The third-order valence-electron chi connectivity index (χ3n) is 7.71. The molecule has 40 heavy (non-hydrogen) atoms. The summed E-state index contributed by atoms with van der Waals surface area (Å²) in [5.74, 6) is 0.513. The zero-order valence-electron chi connectivity index (χ0n) is 22.5. The van der Waals surface area contributed by atoms with Gasteiger partial charge in [-0.05, 0) is 69.8 Å². The molecule has 3 aromatic rings. The molecule has 5 rings (SSSR count). The number of hydrogen-bond donors (Lipinski definition) is 2. The molecule has 0 spiro atoms. The highest BCUT2D eigenvalue weighted by Gasteiger charge is 2.26. The van der Waals surface area contributed by atoms with E-state index < -0.39 is 0 Å². The number of fused-ring (bicyclic) bond motifs is 1. The van der Waals surface area contributed by atoms with E-state index in [-0.39, 0.29) is 64.8 Å². The third-order valence-corrected chi connectivity index (χ3v) is 8.29. The van der Waals surface area contributed by atoms with Crippen LogP contribution >= 0.6 is 60.4 Å². The lowest BCUT2D eigenvalue weighted by Crippen LogP contribution is -2.46. The summed E-state index contributed by atoms with van der Waals surface area (Å²) in [6, 6.07) is 7.27. The number of aromatic hydroxyl groups is 1. The number of phenols is 1. The van der Waals surface area contributed by atoms with Crippen LogP contribution in [0.1, 0.15) is 43.0 Å². The van der Waals surface area contributed by atoms with E-state index in [1.54, 1.807) is 25.3 Å². The maximum Gasteiger partial charge on any atom is 0.163 e. The average Bonchev–Trinajstić information content (AvgIpc) is 2.89. The second kappa shape index (κ2) is 15.1. The van der Waals surface area contributed by atoms with Crippen molar-refractivity contribution in [2.24, 2.45) is 5.92 Å². The van der Waals surface area contributed by atoms with Crippen LogP contribution in [-0.2, 0) is 0 Å². The van der Waals surface area contributed by atoms with Gasteiger partial charge < -0.3 is 20.2 Å². The number of hydrogen-bond acceptors (Lipinski definition) is 7. The van der Waals surface area contributed by atoms with E-state index in [0.717, 1.165) is 50.6 Å². The van der Waals surface area contributed by atoms with Gasteiger partial charge >= 0.3 is 0 Å². The van der Waals surface area contributed by atoms with Crippen molar-refractivity contribution in [3.05, 3.63) is 46.1 Å². The molecule has 0 radical (unpaired) electrons. The highest BCUT2D eigenvalue weighted by molar-refractivity contribution is 6.37. The van der Waals surface area contributed by atoms with Gasteiger partial charge in [0, 0.05) is 50.5 Å². The molecule has 0 bridgehead atoms. The number of nitrogens with one attached hydrogen (secondary N) is 1. The van der Waals surface area contributed by atoms with E-state index in [9.17, 15) is 9.90 Å². The molecule has 1 saturated carbocycles. The Balaban J connectivity index is 0.00000187. The lowest BCUT2D eigenvalue weighted by Gasteiger charge is -2.37. The van der Waals surface area contributed by atoms with Crippen LogP contribution in [0, 0.1) is 5.92 Å². The first kappa shape index (κ1) is 34.6. The number of halogens is 5. The molecule has 2 fully saturated rings. The van der Waals surface area contributed by atoms with Crippen molar-refractivity contribution in [3.63, 3.8) is 0 Å². The van der Waals surface area contributed by atoms with Gasteiger partial charge in [0.25, 0.3) is 0 Å². The molecule has 1 aliphatic heterocycles. The van der Waals surface area contributed by atoms with E-state index in [1.807, 2.05) is 12.1 Å². The molecule has 2 aromatic heterocycles. The first-order valence-corrected chi connectivity index (χ1v) is 13.7. The minimum absolute atomic E-state index is 0. The van der Waals surface area contributed by atoms with Gasteiger partial charge in [0.1, 0.15) is 5.52 Å². The molecule has 12 heteroatoms. The Bertz CT molecular complexity index is 1290. The molecule has 3 heterocycles. The van der Waals surface area contributed by atoms with Gasteiger partial charge in [-0.2, -0.15) is 0 Å². The van der Waals surface area contributed by atoms with Gasteiger partial charge in [-0.25, -0.2) is 4.98 Å². The van der Waals surface area contributed by atoms with Gasteiger partial charge in [0.05, 0.1) is 32.5 Å². The maximum absolute atomic E-state index is 12.6. The van der Waals surface area contributed by atoms with Crippen molar-refractivity contribution in [2.75, 3.05) is 45.1 Å². The fourth-order valence-corrected chi connectivity index (χ4v) is 5.93. The van der Waals surface area contributed by atoms with E-state index in [4.69, 9.17) is 28.2 Å². The first-order chi connectivity index (χ1) is 17.8. The molecule has 0 amide bonds. The van der Waals surface area contributed by atoms with Crippen LogP contribution in [0.25, 0.3) is 22.3 Å². The standard InChI is InChI=1S/C28H33Cl2N5O2.3ClH/c1-17(36)21-15-31-25-8-7-24(19-13-22(29)28(37)23(30)14-19)33-27(25)26(21)32-20-5-3-18(4-6-20)16-35-11-9-34(2)10-12-35;;;/h7-8,13-15,18,20,37H,3-6,9-12,16H2,1-2H3,(H,31,32);3*1H/t18-,20-;;;. The number of aromatic nitrogens is 2. The first-order valence-electron chi connectivity index (χ1n) is 12.9. The fraction of sp³-hybridized carbons (Fsp3) is 0.464. The normalized spacial score (nSPS) is 19.7. The topological polar surface area (TPSA) is 81.6 Å². The Hall–Kier alpha value is -1.58. The molecule has 7 nitrogen and oxygen atoms in total. The molecule has 0 atom stereocenters. The van der Waals surface area contributed by atoms with Crippen LogP contribution in [0.4, 0.5) is 5.69 Å².